The molecule has 0 spiro atoms. The van der Waals surface area contributed by atoms with Crippen molar-refractivity contribution in [1.29, 1.82) is 0 Å². The molecule has 0 aromatic heterocycles. The van der Waals surface area contributed by atoms with Crippen molar-refractivity contribution < 1.29 is 23.5 Å². The van der Waals surface area contributed by atoms with Crippen LogP contribution >= 0.6 is 0 Å². The van der Waals surface area contributed by atoms with Gasteiger partial charge in [-0.3, -0.25) is 14.4 Å². The summed E-state index contributed by atoms with van der Waals surface area (Å²) in [6, 6.07) is 22.8. The number of ether oxygens (including phenoxy) is 1. The van der Waals surface area contributed by atoms with Crippen LogP contribution in [-0.2, 0) is 25.5 Å². The van der Waals surface area contributed by atoms with Crippen molar-refractivity contribution in [2.75, 3.05) is 11.9 Å². The van der Waals surface area contributed by atoms with Gasteiger partial charge in [-0.2, -0.15) is 0 Å². The van der Waals surface area contributed by atoms with Crippen LogP contribution in [0.2, 0.25) is 0 Å². The van der Waals surface area contributed by atoms with Crippen molar-refractivity contribution in [3.05, 3.63) is 102 Å². The summed E-state index contributed by atoms with van der Waals surface area (Å²) >= 11 is 0. The monoisotopic (exact) mass is 420 g/mol. The number of carbonyl (C=O) groups is 3. The zero-order valence-corrected chi connectivity index (χ0v) is 16.6. The van der Waals surface area contributed by atoms with E-state index < -0.39 is 23.8 Å². The highest BCUT2D eigenvalue weighted by atomic mass is 19.1. The van der Waals surface area contributed by atoms with Gasteiger partial charge in [-0.05, 0) is 29.8 Å². The first-order valence-corrected chi connectivity index (χ1v) is 9.63. The van der Waals surface area contributed by atoms with Gasteiger partial charge < -0.3 is 15.4 Å². The standard InChI is InChI=1S/C24H21FN2O4/c25-19-11-13-20(14-12-19)27-24(30)23(18-9-5-2-6-10-18)31-22(29)16-26-21(28)15-17-7-3-1-4-8-17/h1-14,23H,15-16H2,(H,26,28)(H,27,30)/t23-/m0/s1. The quantitative estimate of drug-likeness (QED) is 0.547. The molecule has 2 amide bonds. The summed E-state index contributed by atoms with van der Waals surface area (Å²) < 4.78 is 18.4. The number of halogens is 1. The fourth-order valence-electron chi connectivity index (χ4n) is 2.83. The molecule has 0 saturated heterocycles. The number of esters is 1. The van der Waals surface area contributed by atoms with E-state index in [2.05, 4.69) is 10.6 Å². The zero-order chi connectivity index (χ0) is 22.1. The number of benzene rings is 3. The Kier molecular flexibility index (Phi) is 7.48. The van der Waals surface area contributed by atoms with Crippen LogP contribution in [0.1, 0.15) is 17.2 Å². The van der Waals surface area contributed by atoms with E-state index in [-0.39, 0.29) is 18.9 Å². The molecule has 0 radical (unpaired) electrons. The van der Waals surface area contributed by atoms with Gasteiger partial charge in [-0.1, -0.05) is 60.7 Å². The molecule has 0 aliphatic rings. The Bertz CT molecular complexity index is 1020. The minimum absolute atomic E-state index is 0.126. The van der Waals surface area contributed by atoms with Crippen LogP contribution in [-0.4, -0.2) is 24.3 Å². The van der Waals surface area contributed by atoms with Crippen molar-refractivity contribution in [2.24, 2.45) is 0 Å². The van der Waals surface area contributed by atoms with Crippen molar-refractivity contribution in [3.8, 4) is 0 Å². The molecule has 3 aromatic rings. The average Bonchev–Trinajstić information content (AvgIpc) is 2.79. The van der Waals surface area contributed by atoms with Crippen molar-refractivity contribution >= 4 is 23.5 Å². The lowest BCUT2D eigenvalue weighted by atomic mass is 10.1. The Morgan fingerprint density at radius 3 is 2.10 bits per heavy atom. The summed E-state index contributed by atoms with van der Waals surface area (Å²) in [6.07, 6.45) is -1.11. The van der Waals surface area contributed by atoms with Crippen LogP contribution in [0, 0.1) is 5.82 Å². The number of hydrogen-bond donors (Lipinski definition) is 2. The van der Waals surface area contributed by atoms with Crippen LogP contribution in [0.5, 0.6) is 0 Å². The maximum atomic E-state index is 13.1. The maximum Gasteiger partial charge on any atom is 0.326 e. The number of rotatable bonds is 8. The summed E-state index contributed by atoms with van der Waals surface area (Å²) in [5.74, 6) is -2.13. The van der Waals surface area contributed by atoms with Gasteiger partial charge in [0.25, 0.3) is 5.91 Å². The van der Waals surface area contributed by atoms with E-state index >= 15 is 0 Å². The fourth-order valence-corrected chi connectivity index (χ4v) is 2.83. The Hall–Kier alpha value is -4.00. The van der Waals surface area contributed by atoms with Gasteiger partial charge in [0.1, 0.15) is 12.4 Å². The maximum absolute atomic E-state index is 13.1. The summed E-state index contributed by atoms with van der Waals surface area (Å²) in [7, 11) is 0. The van der Waals surface area contributed by atoms with Crippen LogP contribution in [0.15, 0.2) is 84.9 Å². The first-order valence-electron chi connectivity index (χ1n) is 9.63. The molecule has 0 aliphatic carbocycles. The molecule has 0 unspecified atom stereocenters. The highest BCUT2D eigenvalue weighted by Gasteiger charge is 2.25. The van der Waals surface area contributed by atoms with Gasteiger partial charge in [-0.15, -0.1) is 0 Å². The molecule has 6 nitrogen and oxygen atoms in total. The summed E-state index contributed by atoms with van der Waals surface area (Å²) in [5.41, 5.74) is 1.64. The molecule has 0 fully saturated rings. The smallest absolute Gasteiger partial charge is 0.326 e. The molecular formula is C24H21FN2O4. The third-order valence-electron chi connectivity index (χ3n) is 4.34. The molecule has 2 N–H and O–H groups in total. The largest absolute Gasteiger partial charge is 0.446 e. The van der Waals surface area contributed by atoms with Crippen LogP contribution in [0.4, 0.5) is 10.1 Å². The van der Waals surface area contributed by atoms with E-state index in [4.69, 9.17) is 4.74 Å². The Morgan fingerprint density at radius 2 is 1.45 bits per heavy atom. The van der Waals surface area contributed by atoms with Crippen LogP contribution in [0.3, 0.4) is 0 Å². The highest BCUT2D eigenvalue weighted by molar-refractivity contribution is 5.96. The molecule has 3 aromatic carbocycles. The van der Waals surface area contributed by atoms with Gasteiger partial charge in [0.15, 0.2) is 0 Å². The highest BCUT2D eigenvalue weighted by Crippen LogP contribution is 2.20. The van der Waals surface area contributed by atoms with Gasteiger partial charge in [0.05, 0.1) is 6.42 Å². The Morgan fingerprint density at radius 1 is 0.839 bits per heavy atom. The first kappa shape index (κ1) is 21.7. The molecular weight excluding hydrogens is 399 g/mol. The van der Waals surface area contributed by atoms with Crippen LogP contribution < -0.4 is 10.6 Å². The third-order valence-corrected chi connectivity index (χ3v) is 4.34. The second kappa shape index (κ2) is 10.7. The van der Waals surface area contributed by atoms with Crippen molar-refractivity contribution in [2.45, 2.75) is 12.5 Å². The summed E-state index contributed by atoms with van der Waals surface area (Å²) in [5, 5.41) is 5.10. The van der Waals surface area contributed by atoms with Crippen LogP contribution in [0.25, 0.3) is 0 Å². The molecule has 158 valence electrons. The number of amides is 2. The Balaban J connectivity index is 1.61. The predicted octanol–water partition coefficient (Wildman–Crippen LogP) is 3.41. The van der Waals surface area contributed by atoms with Crippen molar-refractivity contribution in [3.63, 3.8) is 0 Å². The fraction of sp³-hybridized carbons (Fsp3) is 0.125. The molecule has 0 saturated carbocycles. The van der Waals surface area contributed by atoms with Gasteiger partial charge in [-0.25, -0.2) is 4.39 Å². The van der Waals surface area contributed by atoms with E-state index in [1.54, 1.807) is 30.3 Å². The lowest BCUT2D eigenvalue weighted by Gasteiger charge is -2.18. The Labute approximate surface area is 179 Å². The number of nitrogens with one attached hydrogen (secondary N) is 2. The van der Waals surface area contributed by atoms with E-state index in [9.17, 15) is 18.8 Å². The number of hydrogen-bond acceptors (Lipinski definition) is 4. The number of carbonyl (C=O) groups excluding carboxylic acids is 3. The molecule has 7 heteroatoms. The van der Waals surface area contributed by atoms with E-state index in [0.717, 1.165) is 5.56 Å². The normalized spacial score (nSPS) is 11.3. The predicted molar refractivity (Wildman–Crippen MR) is 113 cm³/mol. The summed E-state index contributed by atoms with van der Waals surface area (Å²) in [6.45, 7) is -0.376. The molecule has 31 heavy (non-hydrogen) atoms. The second-order valence-corrected chi connectivity index (χ2v) is 6.72. The molecule has 3 rings (SSSR count). The first-order chi connectivity index (χ1) is 15.0. The van der Waals surface area contributed by atoms with E-state index in [1.165, 1.54) is 24.3 Å². The van der Waals surface area contributed by atoms with Gasteiger partial charge >= 0.3 is 5.97 Å². The van der Waals surface area contributed by atoms with E-state index in [1.807, 2.05) is 30.3 Å². The SMILES string of the molecule is O=C(Cc1ccccc1)NCC(=O)O[C@H](C(=O)Nc1ccc(F)cc1)c1ccccc1. The second-order valence-electron chi connectivity index (χ2n) is 6.72. The molecule has 0 heterocycles. The third kappa shape index (κ3) is 6.78. The minimum Gasteiger partial charge on any atom is -0.446 e. The topological polar surface area (TPSA) is 84.5 Å². The molecule has 0 bridgehead atoms. The summed E-state index contributed by atoms with van der Waals surface area (Å²) in [4.78, 5) is 37.1. The lowest BCUT2D eigenvalue weighted by Crippen LogP contribution is -2.34. The zero-order valence-electron chi connectivity index (χ0n) is 16.6. The average molecular weight is 420 g/mol. The number of anilines is 1. The van der Waals surface area contributed by atoms with Crippen molar-refractivity contribution in [1.82, 2.24) is 5.32 Å². The molecule has 0 aliphatic heterocycles. The van der Waals surface area contributed by atoms with Gasteiger partial charge in [0, 0.05) is 11.3 Å². The minimum atomic E-state index is -1.23. The van der Waals surface area contributed by atoms with Gasteiger partial charge in [0.2, 0.25) is 12.0 Å². The molecule has 1 atom stereocenters. The van der Waals surface area contributed by atoms with E-state index in [0.29, 0.717) is 11.3 Å². The lowest BCUT2D eigenvalue weighted by molar-refractivity contribution is -0.154.